The molecule has 0 fully saturated rings. The molecule has 116 valence electrons. The number of carbonyl (C=O) groups excluding carboxylic acids is 1. The number of hydrogen-bond acceptors (Lipinski definition) is 4. The first-order valence-corrected chi connectivity index (χ1v) is 6.95. The SMILES string of the molecule is CONC(C)=CN(C(=O)c1ccco1)c1c(C)cccc1C. The van der Waals surface area contributed by atoms with Crippen molar-refractivity contribution in [1.82, 2.24) is 5.48 Å². The first-order chi connectivity index (χ1) is 10.5. The fraction of sp³-hybridized carbons (Fsp3) is 0.235. The third-order valence-corrected chi connectivity index (χ3v) is 3.22. The van der Waals surface area contributed by atoms with Crippen molar-refractivity contribution in [2.24, 2.45) is 0 Å². The Kier molecular flexibility index (Phi) is 5.01. The Hall–Kier alpha value is -2.53. The van der Waals surface area contributed by atoms with E-state index in [4.69, 9.17) is 9.25 Å². The van der Waals surface area contributed by atoms with Crippen LogP contribution in [0.15, 0.2) is 52.9 Å². The Balaban J connectivity index is 2.51. The van der Waals surface area contributed by atoms with Crippen LogP contribution in [0, 0.1) is 13.8 Å². The van der Waals surface area contributed by atoms with Crippen LogP contribution >= 0.6 is 0 Å². The smallest absolute Gasteiger partial charge is 0.298 e. The monoisotopic (exact) mass is 300 g/mol. The van der Waals surface area contributed by atoms with Crippen LogP contribution in [0.4, 0.5) is 5.69 Å². The van der Waals surface area contributed by atoms with Crippen LogP contribution in [0.25, 0.3) is 0 Å². The first kappa shape index (κ1) is 15.9. The van der Waals surface area contributed by atoms with Gasteiger partial charge in [-0.05, 0) is 44.0 Å². The number of allylic oxidation sites excluding steroid dienone is 1. The number of rotatable bonds is 5. The molecule has 1 amide bonds. The second kappa shape index (κ2) is 6.95. The van der Waals surface area contributed by atoms with Crippen LogP contribution in [0.1, 0.15) is 28.6 Å². The summed E-state index contributed by atoms with van der Waals surface area (Å²) in [4.78, 5) is 19.2. The average Bonchev–Trinajstić information content (AvgIpc) is 2.99. The molecule has 0 aliphatic rings. The Morgan fingerprint density at radius 1 is 1.23 bits per heavy atom. The summed E-state index contributed by atoms with van der Waals surface area (Å²) in [5.74, 6) is 0.0452. The van der Waals surface area contributed by atoms with Crippen molar-refractivity contribution in [3.05, 3.63) is 65.4 Å². The minimum atomic E-state index is -0.236. The van der Waals surface area contributed by atoms with Crippen LogP contribution in [0.3, 0.4) is 0 Å². The number of amides is 1. The largest absolute Gasteiger partial charge is 0.459 e. The summed E-state index contributed by atoms with van der Waals surface area (Å²) < 4.78 is 5.25. The third kappa shape index (κ3) is 3.38. The van der Waals surface area contributed by atoms with E-state index in [-0.39, 0.29) is 11.7 Å². The summed E-state index contributed by atoms with van der Waals surface area (Å²) in [7, 11) is 1.52. The zero-order valence-corrected chi connectivity index (χ0v) is 13.2. The van der Waals surface area contributed by atoms with Gasteiger partial charge in [-0.3, -0.25) is 20.0 Å². The highest BCUT2D eigenvalue weighted by molar-refractivity contribution is 6.06. The number of benzene rings is 1. The molecule has 22 heavy (non-hydrogen) atoms. The van der Waals surface area contributed by atoms with E-state index in [1.165, 1.54) is 13.4 Å². The van der Waals surface area contributed by atoms with Gasteiger partial charge >= 0.3 is 0 Å². The minimum Gasteiger partial charge on any atom is -0.459 e. The van der Waals surface area contributed by atoms with Gasteiger partial charge in [-0.2, -0.15) is 0 Å². The summed E-state index contributed by atoms with van der Waals surface area (Å²) in [6.45, 7) is 5.76. The van der Waals surface area contributed by atoms with Crippen molar-refractivity contribution >= 4 is 11.6 Å². The molecule has 1 N–H and O–H groups in total. The second-order valence-electron chi connectivity index (χ2n) is 5.01. The molecule has 0 aliphatic carbocycles. The van der Waals surface area contributed by atoms with E-state index in [0.717, 1.165) is 16.8 Å². The maximum absolute atomic E-state index is 12.8. The van der Waals surface area contributed by atoms with Crippen LogP contribution in [0.5, 0.6) is 0 Å². The lowest BCUT2D eigenvalue weighted by Gasteiger charge is -2.23. The van der Waals surface area contributed by atoms with E-state index >= 15 is 0 Å². The van der Waals surface area contributed by atoms with E-state index < -0.39 is 0 Å². The number of furan rings is 1. The fourth-order valence-corrected chi connectivity index (χ4v) is 2.31. The maximum Gasteiger partial charge on any atom is 0.298 e. The standard InChI is InChI=1S/C17H20N2O3/c1-12-7-5-8-13(2)16(12)19(11-14(3)18-21-4)17(20)15-9-6-10-22-15/h5-11,18H,1-4H3. The highest BCUT2D eigenvalue weighted by atomic mass is 16.6. The number of hydrogen-bond donors (Lipinski definition) is 1. The van der Waals surface area contributed by atoms with Gasteiger partial charge in [0.15, 0.2) is 5.76 Å². The molecule has 0 spiro atoms. The zero-order chi connectivity index (χ0) is 16.1. The second-order valence-corrected chi connectivity index (χ2v) is 5.01. The van der Waals surface area contributed by atoms with Gasteiger partial charge in [0, 0.05) is 6.20 Å². The molecule has 2 aromatic rings. The highest BCUT2D eigenvalue weighted by Gasteiger charge is 2.21. The van der Waals surface area contributed by atoms with Gasteiger partial charge in [0.05, 0.1) is 24.8 Å². The normalized spacial score (nSPS) is 11.4. The quantitative estimate of drug-likeness (QED) is 0.858. The molecule has 0 radical (unpaired) electrons. The third-order valence-electron chi connectivity index (χ3n) is 3.22. The van der Waals surface area contributed by atoms with Gasteiger partial charge < -0.3 is 4.42 Å². The number of hydroxylamine groups is 1. The maximum atomic E-state index is 12.8. The topological polar surface area (TPSA) is 54.7 Å². The van der Waals surface area contributed by atoms with Crippen molar-refractivity contribution < 1.29 is 14.0 Å². The van der Waals surface area contributed by atoms with E-state index in [2.05, 4.69) is 5.48 Å². The molecular weight excluding hydrogens is 280 g/mol. The number of nitrogens with zero attached hydrogens (tertiary/aromatic N) is 1. The average molecular weight is 300 g/mol. The summed E-state index contributed by atoms with van der Waals surface area (Å²) >= 11 is 0. The number of carbonyl (C=O) groups is 1. The summed E-state index contributed by atoms with van der Waals surface area (Å²) in [5.41, 5.74) is 6.26. The molecule has 1 heterocycles. The van der Waals surface area contributed by atoms with Crippen LogP contribution in [0.2, 0.25) is 0 Å². The molecule has 5 nitrogen and oxygen atoms in total. The Labute approximate surface area is 130 Å². The first-order valence-electron chi connectivity index (χ1n) is 6.95. The molecule has 0 saturated carbocycles. The van der Waals surface area contributed by atoms with Crippen molar-refractivity contribution in [1.29, 1.82) is 0 Å². The van der Waals surface area contributed by atoms with Gasteiger partial charge in [-0.15, -0.1) is 0 Å². The van der Waals surface area contributed by atoms with E-state index in [1.807, 2.05) is 39.0 Å². The molecule has 0 unspecified atom stereocenters. The van der Waals surface area contributed by atoms with Gasteiger partial charge in [-0.25, -0.2) is 0 Å². The van der Waals surface area contributed by atoms with E-state index in [1.54, 1.807) is 23.2 Å². The number of nitrogens with one attached hydrogen (secondary N) is 1. The van der Waals surface area contributed by atoms with E-state index in [0.29, 0.717) is 5.70 Å². The van der Waals surface area contributed by atoms with Gasteiger partial charge in [0.1, 0.15) is 0 Å². The number of aryl methyl sites for hydroxylation is 2. The van der Waals surface area contributed by atoms with Crippen molar-refractivity contribution in [3.8, 4) is 0 Å². The van der Waals surface area contributed by atoms with Crippen molar-refractivity contribution in [3.63, 3.8) is 0 Å². The number of anilines is 1. The molecule has 1 aromatic carbocycles. The molecule has 0 bridgehead atoms. The van der Waals surface area contributed by atoms with Gasteiger partial charge in [0.2, 0.25) is 0 Å². The molecule has 1 aromatic heterocycles. The zero-order valence-electron chi connectivity index (χ0n) is 13.2. The van der Waals surface area contributed by atoms with Crippen molar-refractivity contribution in [2.75, 3.05) is 12.0 Å². The predicted octanol–water partition coefficient (Wildman–Crippen LogP) is 3.56. The fourth-order valence-electron chi connectivity index (χ4n) is 2.31. The minimum absolute atomic E-state index is 0.236. The Morgan fingerprint density at radius 3 is 2.45 bits per heavy atom. The lowest BCUT2D eigenvalue weighted by atomic mass is 10.1. The van der Waals surface area contributed by atoms with Crippen LogP contribution < -0.4 is 10.4 Å². The Bertz CT molecular complexity index is 655. The van der Waals surface area contributed by atoms with Gasteiger partial charge in [-0.1, -0.05) is 18.2 Å². The lowest BCUT2D eigenvalue weighted by Crippen LogP contribution is -2.28. The summed E-state index contributed by atoms with van der Waals surface area (Å²) in [5, 5.41) is 0. The van der Waals surface area contributed by atoms with E-state index in [9.17, 15) is 4.79 Å². The lowest BCUT2D eigenvalue weighted by molar-refractivity contribution is 0.0967. The summed E-state index contributed by atoms with van der Waals surface area (Å²) in [6, 6.07) is 9.25. The van der Waals surface area contributed by atoms with Crippen LogP contribution in [-0.2, 0) is 4.84 Å². The molecule has 2 rings (SSSR count). The molecule has 0 atom stereocenters. The Morgan fingerprint density at radius 2 is 1.91 bits per heavy atom. The van der Waals surface area contributed by atoms with Gasteiger partial charge in [0.25, 0.3) is 5.91 Å². The van der Waals surface area contributed by atoms with Crippen molar-refractivity contribution in [2.45, 2.75) is 20.8 Å². The molecule has 0 saturated heterocycles. The molecule has 5 heteroatoms. The predicted molar refractivity (Wildman–Crippen MR) is 85.3 cm³/mol. The van der Waals surface area contributed by atoms with Crippen LogP contribution in [-0.4, -0.2) is 13.0 Å². The molecular formula is C17H20N2O3. The summed E-state index contributed by atoms with van der Waals surface area (Å²) in [6.07, 6.45) is 3.18. The number of para-hydroxylation sites is 1. The molecule has 0 aliphatic heterocycles. The highest BCUT2D eigenvalue weighted by Crippen LogP contribution is 2.27.